The van der Waals surface area contributed by atoms with E-state index in [4.69, 9.17) is 0 Å². The molecule has 260 valence electrons. The Kier molecular flexibility index (Phi) is 12.1. The number of thiazole rings is 1. The monoisotopic (exact) mass is 786 g/mol. The summed E-state index contributed by atoms with van der Waals surface area (Å²) in [7, 11) is 0. The fourth-order valence-electron chi connectivity index (χ4n) is 5.22. The molecule has 1 heterocycles. The van der Waals surface area contributed by atoms with Crippen LogP contribution in [-0.2, 0) is 9.59 Å². The fourth-order valence-corrected chi connectivity index (χ4v) is 7.29. The minimum absolute atomic E-state index is 0.0942. The van der Waals surface area contributed by atoms with Crippen LogP contribution in [0.15, 0.2) is 154 Å². The highest BCUT2D eigenvalue weighted by molar-refractivity contribution is 9.10. The van der Waals surface area contributed by atoms with Crippen molar-refractivity contribution in [3.05, 3.63) is 171 Å². The number of amides is 3. The lowest BCUT2D eigenvalue weighted by molar-refractivity contribution is -0.116. The van der Waals surface area contributed by atoms with Crippen LogP contribution in [0.25, 0.3) is 17.3 Å². The van der Waals surface area contributed by atoms with Gasteiger partial charge in [0.1, 0.15) is 10.9 Å². The number of hydrogen-bond acceptors (Lipinski definition) is 6. The Balaban J connectivity index is 1.21. The van der Waals surface area contributed by atoms with Gasteiger partial charge in [-0.25, -0.2) is 4.98 Å². The van der Waals surface area contributed by atoms with Crippen LogP contribution in [0.5, 0.6) is 0 Å². The third-order valence-corrected chi connectivity index (χ3v) is 10.5. The van der Waals surface area contributed by atoms with Crippen molar-refractivity contribution in [1.29, 1.82) is 0 Å². The van der Waals surface area contributed by atoms with Crippen LogP contribution in [0.2, 0.25) is 0 Å². The van der Waals surface area contributed by atoms with E-state index in [0.717, 1.165) is 31.8 Å². The van der Waals surface area contributed by atoms with E-state index >= 15 is 0 Å². The number of carbonyl (C=O) groups excluding carboxylic acids is 3. The van der Waals surface area contributed by atoms with Gasteiger partial charge in [-0.3, -0.25) is 14.4 Å². The number of carbonyl (C=O) groups is 3. The van der Waals surface area contributed by atoms with Crippen LogP contribution in [0, 0.1) is 0 Å². The zero-order valence-electron chi connectivity index (χ0n) is 28.4. The summed E-state index contributed by atoms with van der Waals surface area (Å²) in [5, 5.41) is 10.6. The Morgan fingerprint density at radius 1 is 0.769 bits per heavy atom. The van der Waals surface area contributed by atoms with Crippen molar-refractivity contribution in [3.63, 3.8) is 0 Å². The number of nitrogens with zero attached hydrogens (tertiary/aromatic N) is 1. The van der Waals surface area contributed by atoms with Crippen LogP contribution < -0.4 is 16.0 Å². The first-order chi connectivity index (χ1) is 25.2. The molecule has 0 bridgehead atoms. The normalized spacial score (nSPS) is 11.9. The van der Waals surface area contributed by atoms with E-state index < -0.39 is 17.1 Å². The van der Waals surface area contributed by atoms with Crippen molar-refractivity contribution >= 4 is 73.6 Å². The number of aromatic nitrogens is 1. The van der Waals surface area contributed by atoms with Crippen LogP contribution in [0.4, 0.5) is 10.8 Å². The molecule has 0 saturated carbocycles. The molecule has 3 amide bonds. The number of hydrogen-bond donors (Lipinski definition) is 3. The molecule has 1 aromatic heterocycles. The summed E-state index contributed by atoms with van der Waals surface area (Å²) in [4.78, 5) is 46.2. The molecule has 0 aliphatic carbocycles. The van der Waals surface area contributed by atoms with Crippen LogP contribution in [0.3, 0.4) is 0 Å². The van der Waals surface area contributed by atoms with Gasteiger partial charge in [0.2, 0.25) is 5.91 Å². The Hall–Kier alpha value is -5.29. The van der Waals surface area contributed by atoms with Gasteiger partial charge in [0.25, 0.3) is 11.8 Å². The van der Waals surface area contributed by atoms with E-state index in [1.165, 1.54) is 28.7 Å². The van der Waals surface area contributed by atoms with Crippen LogP contribution >= 0.6 is 39.0 Å². The number of thioether (sulfide) groups is 1. The number of benzene rings is 5. The molecule has 3 N–H and O–H groups in total. The summed E-state index contributed by atoms with van der Waals surface area (Å²) in [6.45, 7) is 4.24. The van der Waals surface area contributed by atoms with E-state index in [1.54, 1.807) is 36.4 Å². The predicted octanol–water partition coefficient (Wildman–Crippen LogP) is 10.6. The van der Waals surface area contributed by atoms with Gasteiger partial charge in [-0.2, -0.15) is 0 Å². The van der Waals surface area contributed by atoms with Gasteiger partial charge in [-0.15, -0.1) is 23.1 Å². The second-order valence-corrected chi connectivity index (χ2v) is 15.1. The van der Waals surface area contributed by atoms with E-state index in [9.17, 15) is 14.4 Å². The molecular weight excluding hydrogens is 753 g/mol. The first kappa shape index (κ1) is 36.5. The third-order valence-electron chi connectivity index (χ3n) is 8.00. The van der Waals surface area contributed by atoms with Gasteiger partial charge in [-0.1, -0.05) is 121 Å². The van der Waals surface area contributed by atoms with Crippen molar-refractivity contribution in [1.82, 2.24) is 10.3 Å². The molecule has 0 fully saturated rings. The lowest BCUT2D eigenvalue weighted by Crippen LogP contribution is -2.30. The van der Waals surface area contributed by atoms with Crippen molar-refractivity contribution in [2.24, 2.45) is 0 Å². The summed E-state index contributed by atoms with van der Waals surface area (Å²) in [6, 6.07) is 41.3. The van der Waals surface area contributed by atoms with Gasteiger partial charge >= 0.3 is 0 Å². The Bertz CT molecular complexity index is 2190. The first-order valence-electron chi connectivity index (χ1n) is 16.6. The van der Waals surface area contributed by atoms with Gasteiger partial charge < -0.3 is 16.0 Å². The summed E-state index contributed by atoms with van der Waals surface area (Å²) in [5.41, 5.74) is 5.53. The summed E-state index contributed by atoms with van der Waals surface area (Å²) in [5.74, 6) is -0.744. The number of anilines is 2. The zero-order chi connectivity index (χ0) is 36.5. The maximum absolute atomic E-state index is 13.8. The standard InChI is InChI=1S/C42H35BrN4O3S2/c1-27(2)29-18-16-28(17-19-29)24-36(45-39(48)32-12-7-4-8-13-32)40(49)44-34-14-9-15-35(25-34)52-38(31-10-5-3-6-11-31)41(50)47-42-46-37(26-51-42)30-20-22-33(43)23-21-30/h3-27,38H,1-2H3,(H,44,49)(H,45,48)(H,46,47,50)/b36-24+. The summed E-state index contributed by atoms with van der Waals surface area (Å²) in [6.07, 6.45) is 1.66. The number of rotatable bonds is 12. The average molecular weight is 788 g/mol. The highest BCUT2D eigenvalue weighted by atomic mass is 79.9. The number of nitrogens with one attached hydrogen (secondary N) is 3. The highest BCUT2D eigenvalue weighted by Crippen LogP contribution is 2.38. The van der Waals surface area contributed by atoms with Crippen molar-refractivity contribution < 1.29 is 14.4 Å². The zero-order valence-corrected chi connectivity index (χ0v) is 31.6. The molecule has 0 saturated heterocycles. The largest absolute Gasteiger partial charge is 0.321 e. The quantitative estimate of drug-likeness (QED) is 0.0847. The van der Waals surface area contributed by atoms with Gasteiger partial charge in [0, 0.05) is 31.6 Å². The molecule has 0 spiro atoms. The molecule has 6 rings (SSSR count). The van der Waals surface area contributed by atoms with Crippen molar-refractivity contribution in [2.45, 2.75) is 29.9 Å². The summed E-state index contributed by atoms with van der Waals surface area (Å²) < 4.78 is 0.977. The molecule has 0 aliphatic heterocycles. The fraction of sp³-hybridized carbons (Fsp3) is 0.0952. The Morgan fingerprint density at radius 2 is 1.46 bits per heavy atom. The predicted molar refractivity (Wildman–Crippen MR) is 216 cm³/mol. The molecule has 0 radical (unpaired) electrons. The Morgan fingerprint density at radius 3 is 2.15 bits per heavy atom. The van der Waals surface area contributed by atoms with Gasteiger partial charge in [0.15, 0.2) is 5.13 Å². The molecule has 6 aromatic rings. The maximum atomic E-state index is 13.8. The van der Waals surface area contributed by atoms with E-state index in [1.807, 2.05) is 109 Å². The molecule has 5 aromatic carbocycles. The smallest absolute Gasteiger partial charge is 0.272 e. The molecular formula is C42H35BrN4O3S2. The maximum Gasteiger partial charge on any atom is 0.272 e. The molecule has 1 unspecified atom stereocenters. The molecule has 52 heavy (non-hydrogen) atoms. The van der Waals surface area contributed by atoms with Gasteiger partial charge in [0.05, 0.1) is 5.69 Å². The Labute approximate surface area is 319 Å². The first-order valence-corrected chi connectivity index (χ1v) is 19.1. The molecule has 10 heteroatoms. The molecule has 0 aliphatic rings. The minimum atomic E-state index is -0.610. The molecule has 7 nitrogen and oxygen atoms in total. The van der Waals surface area contributed by atoms with E-state index in [0.29, 0.717) is 22.3 Å². The highest BCUT2D eigenvalue weighted by Gasteiger charge is 2.24. The number of halogens is 1. The topological polar surface area (TPSA) is 100 Å². The molecule has 1 atom stereocenters. The minimum Gasteiger partial charge on any atom is -0.321 e. The lowest BCUT2D eigenvalue weighted by atomic mass is 10.0. The second-order valence-electron chi connectivity index (χ2n) is 12.1. The van der Waals surface area contributed by atoms with Crippen LogP contribution in [0.1, 0.15) is 52.1 Å². The van der Waals surface area contributed by atoms with Crippen LogP contribution in [-0.4, -0.2) is 22.7 Å². The SMILES string of the molecule is CC(C)c1ccc(/C=C(/NC(=O)c2ccccc2)C(=O)Nc2cccc(SC(C(=O)Nc3nc(-c4ccc(Br)cc4)cs3)c3ccccc3)c2)cc1. The van der Waals surface area contributed by atoms with Gasteiger partial charge in [-0.05, 0) is 71.1 Å². The van der Waals surface area contributed by atoms with E-state index in [2.05, 4.69) is 50.7 Å². The summed E-state index contributed by atoms with van der Waals surface area (Å²) >= 11 is 6.19. The van der Waals surface area contributed by atoms with E-state index in [-0.39, 0.29) is 11.6 Å². The van der Waals surface area contributed by atoms with Crippen molar-refractivity contribution in [2.75, 3.05) is 10.6 Å². The third kappa shape index (κ3) is 9.73. The lowest BCUT2D eigenvalue weighted by Gasteiger charge is -2.17. The second kappa shape index (κ2) is 17.3. The average Bonchev–Trinajstić information content (AvgIpc) is 3.63. The van der Waals surface area contributed by atoms with Crippen molar-refractivity contribution in [3.8, 4) is 11.3 Å².